The molecule has 0 bridgehead atoms. The molecule has 2 aliphatic rings. The average Bonchev–Trinajstić information content (AvgIpc) is 3.10. The molecule has 2 N–H and O–H groups in total. The van der Waals surface area contributed by atoms with E-state index in [0.29, 0.717) is 18.6 Å². The minimum atomic E-state index is 0.347. The predicted molar refractivity (Wildman–Crippen MR) is 71.0 cm³/mol. The summed E-state index contributed by atoms with van der Waals surface area (Å²) in [5.41, 5.74) is 0. The van der Waals surface area contributed by atoms with Crippen LogP contribution < -0.4 is 5.32 Å². The average molecular weight is 240 g/mol. The summed E-state index contributed by atoms with van der Waals surface area (Å²) >= 11 is 0. The summed E-state index contributed by atoms with van der Waals surface area (Å²) < 4.78 is 0. The van der Waals surface area contributed by atoms with E-state index in [9.17, 15) is 0 Å². The Morgan fingerprint density at radius 3 is 2.65 bits per heavy atom. The van der Waals surface area contributed by atoms with Gasteiger partial charge in [0.15, 0.2) is 0 Å². The van der Waals surface area contributed by atoms with Gasteiger partial charge in [-0.25, -0.2) is 0 Å². The lowest BCUT2D eigenvalue weighted by atomic mass is 9.91. The van der Waals surface area contributed by atoms with E-state index < -0.39 is 0 Å². The molecule has 2 unspecified atom stereocenters. The Balaban J connectivity index is 1.82. The highest BCUT2D eigenvalue weighted by molar-refractivity contribution is 4.92. The van der Waals surface area contributed by atoms with Gasteiger partial charge in [0.25, 0.3) is 0 Å². The number of aliphatic hydroxyl groups is 1. The van der Waals surface area contributed by atoms with Crippen molar-refractivity contribution < 1.29 is 5.11 Å². The quantitative estimate of drug-likeness (QED) is 0.738. The molecule has 0 radical (unpaired) electrons. The molecular formula is C14H28N2O. The van der Waals surface area contributed by atoms with Crippen LogP contribution in [-0.4, -0.2) is 48.3 Å². The molecule has 3 heteroatoms. The molecule has 0 amide bonds. The Morgan fingerprint density at radius 2 is 2.06 bits per heavy atom. The fraction of sp³-hybridized carbons (Fsp3) is 1.00. The molecule has 17 heavy (non-hydrogen) atoms. The molecule has 0 aromatic carbocycles. The van der Waals surface area contributed by atoms with Crippen LogP contribution in [0.4, 0.5) is 0 Å². The van der Waals surface area contributed by atoms with Gasteiger partial charge in [0, 0.05) is 31.8 Å². The zero-order chi connectivity index (χ0) is 12.3. The van der Waals surface area contributed by atoms with Gasteiger partial charge in [-0.05, 0) is 44.1 Å². The van der Waals surface area contributed by atoms with E-state index in [-0.39, 0.29) is 0 Å². The van der Waals surface area contributed by atoms with Crippen LogP contribution in [0.15, 0.2) is 0 Å². The van der Waals surface area contributed by atoms with Crippen molar-refractivity contribution in [2.75, 3.05) is 26.2 Å². The van der Waals surface area contributed by atoms with Gasteiger partial charge in [-0.2, -0.15) is 0 Å². The molecule has 1 saturated heterocycles. The first-order valence-electron chi connectivity index (χ1n) is 7.27. The third-order valence-corrected chi connectivity index (χ3v) is 3.98. The van der Waals surface area contributed by atoms with Crippen molar-refractivity contribution in [2.45, 2.75) is 51.6 Å². The predicted octanol–water partition coefficient (Wildman–Crippen LogP) is 1.47. The molecule has 0 aromatic heterocycles. The van der Waals surface area contributed by atoms with Gasteiger partial charge in [0.05, 0.1) is 0 Å². The Hall–Kier alpha value is -0.120. The van der Waals surface area contributed by atoms with E-state index in [0.717, 1.165) is 24.9 Å². The third kappa shape index (κ3) is 4.23. The molecule has 0 aromatic rings. The van der Waals surface area contributed by atoms with Crippen molar-refractivity contribution in [1.82, 2.24) is 10.2 Å². The van der Waals surface area contributed by atoms with Crippen LogP contribution in [0, 0.1) is 11.8 Å². The minimum Gasteiger partial charge on any atom is -0.396 e. The number of piperidine rings is 1. The van der Waals surface area contributed by atoms with Crippen LogP contribution in [-0.2, 0) is 0 Å². The van der Waals surface area contributed by atoms with Crippen LogP contribution in [0.3, 0.4) is 0 Å². The van der Waals surface area contributed by atoms with E-state index in [1.165, 1.54) is 32.4 Å². The third-order valence-electron chi connectivity index (χ3n) is 3.98. The second-order valence-electron chi connectivity index (χ2n) is 6.30. The number of hydrogen-bond acceptors (Lipinski definition) is 3. The number of nitrogens with one attached hydrogen (secondary N) is 1. The Labute approximate surface area is 106 Å². The van der Waals surface area contributed by atoms with E-state index in [1.54, 1.807) is 0 Å². The summed E-state index contributed by atoms with van der Waals surface area (Å²) in [6, 6.07) is 1.50. The van der Waals surface area contributed by atoms with Gasteiger partial charge in [-0.15, -0.1) is 0 Å². The Morgan fingerprint density at radius 1 is 1.29 bits per heavy atom. The van der Waals surface area contributed by atoms with Gasteiger partial charge < -0.3 is 10.4 Å². The van der Waals surface area contributed by atoms with Gasteiger partial charge in [-0.3, -0.25) is 4.90 Å². The lowest BCUT2D eigenvalue weighted by Crippen LogP contribution is -2.50. The largest absolute Gasteiger partial charge is 0.396 e. The lowest BCUT2D eigenvalue weighted by molar-refractivity contribution is 0.114. The topological polar surface area (TPSA) is 35.5 Å². The fourth-order valence-electron chi connectivity index (χ4n) is 2.92. The van der Waals surface area contributed by atoms with E-state index in [1.807, 2.05) is 0 Å². The normalized spacial score (nSPS) is 31.1. The second-order valence-corrected chi connectivity index (χ2v) is 6.30. The smallest absolute Gasteiger partial charge is 0.0434 e. The molecule has 3 nitrogen and oxygen atoms in total. The summed E-state index contributed by atoms with van der Waals surface area (Å²) in [7, 11) is 0. The molecule has 100 valence electrons. The maximum absolute atomic E-state index is 9.12. The van der Waals surface area contributed by atoms with Crippen molar-refractivity contribution >= 4 is 0 Å². The fourth-order valence-corrected chi connectivity index (χ4v) is 2.92. The maximum atomic E-state index is 9.12. The standard InChI is InChI=1S/C14H28N2O/c1-11(2)8-15-13-7-12(5-6-17)9-16(10-13)14-3-4-14/h11-15,17H,3-10H2,1-2H3. The first-order chi connectivity index (χ1) is 8.19. The van der Waals surface area contributed by atoms with Crippen molar-refractivity contribution in [3.8, 4) is 0 Å². The zero-order valence-electron chi connectivity index (χ0n) is 11.4. The van der Waals surface area contributed by atoms with Gasteiger partial charge >= 0.3 is 0 Å². The first kappa shape index (κ1) is 13.3. The molecule has 2 rings (SSSR count). The summed E-state index contributed by atoms with van der Waals surface area (Å²) in [5, 5.41) is 12.8. The first-order valence-corrected chi connectivity index (χ1v) is 7.27. The second kappa shape index (κ2) is 6.17. The molecule has 1 saturated carbocycles. The van der Waals surface area contributed by atoms with Crippen LogP contribution >= 0.6 is 0 Å². The lowest BCUT2D eigenvalue weighted by Gasteiger charge is -2.38. The molecule has 1 aliphatic heterocycles. The minimum absolute atomic E-state index is 0.347. The van der Waals surface area contributed by atoms with E-state index in [4.69, 9.17) is 5.11 Å². The summed E-state index contributed by atoms with van der Waals surface area (Å²) in [6.07, 6.45) is 5.01. The molecular weight excluding hydrogens is 212 g/mol. The maximum Gasteiger partial charge on any atom is 0.0434 e. The molecule has 1 aliphatic carbocycles. The van der Waals surface area contributed by atoms with Crippen molar-refractivity contribution in [3.05, 3.63) is 0 Å². The number of nitrogens with zero attached hydrogens (tertiary/aromatic N) is 1. The summed E-state index contributed by atoms with van der Waals surface area (Å²) in [5.74, 6) is 1.42. The molecule has 2 atom stereocenters. The van der Waals surface area contributed by atoms with E-state index >= 15 is 0 Å². The molecule has 2 fully saturated rings. The van der Waals surface area contributed by atoms with Gasteiger partial charge in [0.1, 0.15) is 0 Å². The van der Waals surface area contributed by atoms with Crippen molar-refractivity contribution in [3.63, 3.8) is 0 Å². The highest BCUT2D eigenvalue weighted by atomic mass is 16.3. The Kier molecular flexibility index (Phi) is 4.83. The van der Waals surface area contributed by atoms with Crippen LogP contribution in [0.1, 0.15) is 39.5 Å². The van der Waals surface area contributed by atoms with Gasteiger partial charge in [-0.1, -0.05) is 13.8 Å². The van der Waals surface area contributed by atoms with Gasteiger partial charge in [0.2, 0.25) is 0 Å². The number of rotatable bonds is 6. The van der Waals surface area contributed by atoms with Crippen LogP contribution in [0.2, 0.25) is 0 Å². The summed E-state index contributed by atoms with van der Waals surface area (Å²) in [6.45, 7) is 8.43. The molecule has 0 spiro atoms. The summed E-state index contributed by atoms with van der Waals surface area (Å²) in [4.78, 5) is 2.65. The highest BCUT2D eigenvalue weighted by Crippen LogP contribution is 2.31. The van der Waals surface area contributed by atoms with Crippen LogP contribution in [0.5, 0.6) is 0 Å². The van der Waals surface area contributed by atoms with Crippen molar-refractivity contribution in [1.29, 1.82) is 0 Å². The number of hydrogen-bond donors (Lipinski definition) is 2. The SMILES string of the molecule is CC(C)CNC1CC(CCO)CN(C2CC2)C1. The molecule has 1 heterocycles. The highest BCUT2D eigenvalue weighted by Gasteiger charge is 2.35. The zero-order valence-corrected chi connectivity index (χ0v) is 11.4. The van der Waals surface area contributed by atoms with Crippen molar-refractivity contribution in [2.24, 2.45) is 11.8 Å². The number of likely N-dealkylation sites (tertiary alicyclic amines) is 1. The monoisotopic (exact) mass is 240 g/mol. The Bertz CT molecular complexity index is 228. The van der Waals surface area contributed by atoms with E-state index in [2.05, 4.69) is 24.1 Å². The van der Waals surface area contributed by atoms with Crippen LogP contribution in [0.25, 0.3) is 0 Å². The number of aliphatic hydroxyl groups excluding tert-OH is 1.